The second-order valence-electron chi connectivity index (χ2n) is 5.57. The number of benzene rings is 1. The molecule has 3 nitrogen and oxygen atoms in total. The number of ether oxygens (including phenoxy) is 1. The van der Waals surface area contributed by atoms with Gasteiger partial charge in [0, 0.05) is 12.4 Å². The van der Waals surface area contributed by atoms with Gasteiger partial charge in [0.1, 0.15) is 12.6 Å². The van der Waals surface area contributed by atoms with E-state index in [-0.39, 0.29) is 23.9 Å². The van der Waals surface area contributed by atoms with Gasteiger partial charge in [-0.05, 0) is 16.5 Å². The van der Waals surface area contributed by atoms with Crippen LogP contribution in [0.4, 0.5) is 5.69 Å². The van der Waals surface area contributed by atoms with Crippen molar-refractivity contribution in [1.29, 1.82) is 0 Å². The highest BCUT2D eigenvalue weighted by Gasteiger charge is 2.26. The number of alkyl halides is 2. The lowest BCUT2D eigenvalue weighted by atomic mass is 9.84. The molecule has 0 aliphatic carbocycles. The van der Waals surface area contributed by atoms with E-state index < -0.39 is 0 Å². The van der Waals surface area contributed by atoms with E-state index in [4.69, 9.17) is 16.3 Å². The van der Waals surface area contributed by atoms with Crippen LogP contribution in [0.15, 0.2) is 18.2 Å². The van der Waals surface area contributed by atoms with Gasteiger partial charge in [0.05, 0.1) is 5.69 Å². The molecule has 1 amide bonds. The van der Waals surface area contributed by atoms with Crippen molar-refractivity contribution in [3.05, 3.63) is 29.3 Å². The van der Waals surface area contributed by atoms with Gasteiger partial charge >= 0.3 is 0 Å². The third-order valence-electron chi connectivity index (χ3n) is 3.02. The van der Waals surface area contributed by atoms with Crippen LogP contribution in [-0.4, -0.2) is 25.6 Å². The van der Waals surface area contributed by atoms with Crippen LogP contribution in [0.1, 0.15) is 31.9 Å². The van der Waals surface area contributed by atoms with Crippen LogP contribution in [0.3, 0.4) is 0 Å². The standard InChI is InChI=1S/C15H21BrClNO2/c1-15(2,3)12-7-5-6-11(8-16)14(12)18(10-20-4)13(19)9-17/h5-7H,8-10H2,1-4H3. The molecular formula is C15H21BrClNO2. The summed E-state index contributed by atoms with van der Waals surface area (Å²) in [5.41, 5.74) is 2.97. The number of para-hydroxylation sites is 1. The molecule has 1 rings (SSSR count). The Balaban J connectivity index is 3.48. The number of methoxy groups -OCH3 is 1. The van der Waals surface area contributed by atoms with Crippen molar-refractivity contribution in [2.75, 3.05) is 24.6 Å². The normalized spacial score (nSPS) is 11.5. The molecule has 0 aromatic heterocycles. The lowest BCUT2D eigenvalue weighted by Gasteiger charge is -2.31. The molecule has 0 atom stereocenters. The van der Waals surface area contributed by atoms with Gasteiger partial charge in [-0.3, -0.25) is 9.69 Å². The van der Waals surface area contributed by atoms with Gasteiger partial charge in [0.25, 0.3) is 0 Å². The molecule has 0 aliphatic rings. The number of hydrogen-bond acceptors (Lipinski definition) is 2. The third-order valence-corrected chi connectivity index (χ3v) is 3.85. The third kappa shape index (κ3) is 3.96. The van der Waals surface area contributed by atoms with Crippen LogP contribution < -0.4 is 4.90 Å². The molecule has 0 radical (unpaired) electrons. The van der Waals surface area contributed by atoms with Gasteiger partial charge < -0.3 is 4.74 Å². The largest absolute Gasteiger partial charge is 0.364 e. The zero-order valence-corrected chi connectivity index (χ0v) is 14.7. The van der Waals surface area contributed by atoms with E-state index in [1.807, 2.05) is 18.2 Å². The van der Waals surface area contributed by atoms with E-state index in [9.17, 15) is 4.79 Å². The van der Waals surface area contributed by atoms with Crippen molar-refractivity contribution < 1.29 is 9.53 Å². The Morgan fingerprint density at radius 2 is 2.05 bits per heavy atom. The van der Waals surface area contributed by atoms with E-state index in [0.717, 1.165) is 16.8 Å². The van der Waals surface area contributed by atoms with E-state index >= 15 is 0 Å². The number of halogens is 2. The number of carbonyl (C=O) groups is 1. The number of carbonyl (C=O) groups excluding carboxylic acids is 1. The molecule has 1 aromatic rings. The average molecular weight is 363 g/mol. The maximum atomic E-state index is 12.1. The van der Waals surface area contributed by atoms with Crippen LogP contribution in [0, 0.1) is 0 Å². The van der Waals surface area contributed by atoms with Crippen molar-refractivity contribution in [3.8, 4) is 0 Å². The first-order chi connectivity index (χ1) is 9.36. The average Bonchev–Trinajstić information content (AvgIpc) is 2.42. The molecule has 0 unspecified atom stereocenters. The van der Waals surface area contributed by atoms with Crippen molar-refractivity contribution in [3.63, 3.8) is 0 Å². The highest BCUT2D eigenvalue weighted by atomic mass is 79.9. The molecule has 0 N–H and O–H groups in total. The Hall–Kier alpha value is -0.580. The predicted molar refractivity (Wildman–Crippen MR) is 87.9 cm³/mol. The molecule has 0 heterocycles. The lowest BCUT2D eigenvalue weighted by Crippen LogP contribution is -2.36. The number of anilines is 1. The summed E-state index contributed by atoms with van der Waals surface area (Å²) in [6, 6.07) is 6.06. The Bertz CT molecular complexity index is 471. The zero-order valence-electron chi connectivity index (χ0n) is 12.4. The van der Waals surface area contributed by atoms with Gasteiger partial charge in [-0.25, -0.2) is 0 Å². The lowest BCUT2D eigenvalue weighted by molar-refractivity contribution is -0.117. The van der Waals surface area contributed by atoms with Crippen molar-refractivity contribution in [2.45, 2.75) is 31.5 Å². The van der Waals surface area contributed by atoms with Crippen molar-refractivity contribution in [1.82, 2.24) is 0 Å². The zero-order chi connectivity index (χ0) is 15.3. The van der Waals surface area contributed by atoms with Crippen LogP contribution in [-0.2, 0) is 20.3 Å². The van der Waals surface area contributed by atoms with Crippen LogP contribution in [0.2, 0.25) is 0 Å². The maximum absolute atomic E-state index is 12.1. The SMILES string of the molecule is COCN(C(=O)CCl)c1c(CBr)cccc1C(C)(C)C. The van der Waals surface area contributed by atoms with Crippen LogP contribution in [0.5, 0.6) is 0 Å². The van der Waals surface area contributed by atoms with Gasteiger partial charge in [-0.1, -0.05) is 54.9 Å². The summed E-state index contributed by atoms with van der Waals surface area (Å²) in [5, 5.41) is 0.669. The number of nitrogens with zero attached hydrogens (tertiary/aromatic N) is 1. The minimum absolute atomic E-state index is 0.0659. The Morgan fingerprint density at radius 3 is 2.50 bits per heavy atom. The summed E-state index contributed by atoms with van der Waals surface area (Å²) >= 11 is 9.22. The summed E-state index contributed by atoms with van der Waals surface area (Å²) in [4.78, 5) is 13.8. The van der Waals surface area contributed by atoms with E-state index in [0.29, 0.717) is 5.33 Å². The van der Waals surface area contributed by atoms with Gasteiger partial charge in [-0.15, -0.1) is 11.6 Å². The molecule has 0 bridgehead atoms. The number of amides is 1. The summed E-state index contributed by atoms with van der Waals surface area (Å²) in [5.74, 6) is -0.226. The fraction of sp³-hybridized carbons (Fsp3) is 0.533. The Morgan fingerprint density at radius 1 is 1.40 bits per heavy atom. The molecule has 20 heavy (non-hydrogen) atoms. The molecular weight excluding hydrogens is 342 g/mol. The van der Waals surface area contributed by atoms with E-state index in [1.54, 1.807) is 12.0 Å². The summed E-state index contributed by atoms with van der Waals surface area (Å²) in [7, 11) is 1.57. The molecule has 5 heteroatoms. The fourth-order valence-corrected chi connectivity index (χ4v) is 2.68. The van der Waals surface area contributed by atoms with Crippen LogP contribution >= 0.6 is 27.5 Å². The first-order valence-electron chi connectivity index (χ1n) is 6.40. The van der Waals surface area contributed by atoms with E-state index in [2.05, 4.69) is 36.7 Å². The number of hydrogen-bond donors (Lipinski definition) is 0. The summed E-state index contributed by atoms with van der Waals surface area (Å²) in [6.45, 7) is 6.57. The summed E-state index contributed by atoms with van der Waals surface area (Å²) in [6.07, 6.45) is 0. The van der Waals surface area contributed by atoms with Crippen LogP contribution in [0.25, 0.3) is 0 Å². The first kappa shape index (κ1) is 17.5. The Kier molecular flexibility index (Phi) is 6.49. The van der Waals surface area contributed by atoms with Gasteiger partial charge in [-0.2, -0.15) is 0 Å². The molecule has 0 fully saturated rings. The quantitative estimate of drug-likeness (QED) is 0.584. The topological polar surface area (TPSA) is 29.5 Å². The Labute approximate surface area is 134 Å². The van der Waals surface area contributed by atoms with Gasteiger partial charge in [0.2, 0.25) is 5.91 Å². The molecule has 0 saturated heterocycles. The highest BCUT2D eigenvalue weighted by molar-refractivity contribution is 9.08. The molecule has 0 saturated carbocycles. The smallest absolute Gasteiger partial charge is 0.243 e. The minimum Gasteiger partial charge on any atom is -0.364 e. The second kappa shape index (κ2) is 7.43. The predicted octanol–water partition coefficient (Wildman–Crippen LogP) is 4.05. The van der Waals surface area contributed by atoms with E-state index in [1.165, 1.54) is 0 Å². The monoisotopic (exact) mass is 361 g/mol. The molecule has 0 spiro atoms. The fourth-order valence-electron chi connectivity index (χ4n) is 2.09. The van der Waals surface area contributed by atoms with Crippen molar-refractivity contribution in [2.24, 2.45) is 0 Å². The van der Waals surface area contributed by atoms with Crippen molar-refractivity contribution >= 4 is 39.1 Å². The first-order valence-corrected chi connectivity index (χ1v) is 8.06. The molecule has 0 aliphatic heterocycles. The summed E-state index contributed by atoms with van der Waals surface area (Å²) < 4.78 is 5.18. The molecule has 1 aromatic carbocycles. The van der Waals surface area contributed by atoms with Gasteiger partial charge in [0.15, 0.2) is 0 Å². The maximum Gasteiger partial charge on any atom is 0.243 e. The second-order valence-corrected chi connectivity index (χ2v) is 6.40. The number of rotatable bonds is 5. The molecule has 112 valence electrons. The minimum atomic E-state index is -0.160. The highest BCUT2D eigenvalue weighted by Crippen LogP contribution is 2.36.